The van der Waals surface area contributed by atoms with Gasteiger partial charge in [-0.2, -0.15) is 0 Å². The molecule has 0 bridgehead atoms. The highest BCUT2D eigenvalue weighted by molar-refractivity contribution is 5.22. The van der Waals surface area contributed by atoms with Crippen molar-refractivity contribution in [1.82, 2.24) is 5.32 Å². The molecular formula is C13H16F3N. The SMILES string of the molecule is C=CCCCC(NC)c1cc(F)c(F)c(F)c1. The molecule has 0 aliphatic rings. The van der Waals surface area contributed by atoms with Crippen molar-refractivity contribution in [2.75, 3.05) is 7.05 Å². The zero-order chi connectivity index (χ0) is 12.8. The third kappa shape index (κ3) is 3.60. The highest BCUT2D eigenvalue weighted by Crippen LogP contribution is 2.23. The van der Waals surface area contributed by atoms with Crippen LogP contribution in [0.5, 0.6) is 0 Å². The van der Waals surface area contributed by atoms with E-state index in [-0.39, 0.29) is 6.04 Å². The van der Waals surface area contributed by atoms with Crippen molar-refractivity contribution >= 4 is 0 Å². The molecule has 94 valence electrons. The summed E-state index contributed by atoms with van der Waals surface area (Å²) in [6.07, 6.45) is 4.20. The van der Waals surface area contributed by atoms with Crippen molar-refractivity contribution in [3.05, 3.63) is 47.8 Å². The fourth-order valence-corrected chi connectivity index (χ4v) is 1.72. The van der Waals surface area contributed by atoms with E-state index in [1.165, 1.54) is 0 Å². The van der Waals surface area contributed by atoms with E-state index in [2.05, 4.69) is 11.9 Å². The van der Waals surface area contributed by atoms with Crippen LogP contribution in [-0.4, -0.2) is 7.05 Å². The minimum absolute atomic E-state index is 0.181. The number of benzene rings is 1. The summed E-state index contributed by atoms with van der Waals surface area (Å²) in [5.41, 5.74) is 0.424. The smallest absolute Gasteiger partial charge is 0.194 e. The Morgan fingerprint density at radius 2 is 1.88 bits per heavy atom. The molecule has 1 N–H and O–H groups in total. The summed E-state index contributed by atoms with van der Waals surface area (Å²) < 4.78 is 38.9. The fraction of sp³-hybridized carbons (Fsp3) is 0.385. The fourth-order valence-electron chi connectivity index (χ4n) is 1.72. The van der Waals surface area contributed by atoms with Gasteiger partial charge in [0.05, 0.1) is 0 Å². The number of hydrogen-bond donors (Lipinski definition) is 1. The number of hydrogen-bond acceptors (Lipinski definition) is 1. The molecule has 1 rings (SSSR count). The standard InChI is InChI=1S/C13H16F3N/c1-3-4-5-6-12(17-2)9-7-10(14)13(16)11(15)8-9/h3,7-8,12,17H,1,4-6H2,2H3. The molecule has 1 unspecified atom stereocenters. The Morgan fingerprint density at radius 1 is 1.29 bits per heavy atom. The second-order valence-corrected chi connectivity index (χ2v) is 3.86. The molecule has 4 heteroatoms. The normalized spacial score (nSPS) is 12.5. The van der Waals surface area contributed by atoms with Crippen LogP contribution in [0.15, 0.2) is 24.8 Å². The van der Waals surface area contributed by atoms with Crippen LogP contribution in [0.25, 0.3) is 0 Å². The van der Waals surface area contributed by atoms with Crippen LogP contribution in [0, 0.1) is 17.5 Å². The van der Waals surface area contributed by atoms with Crippen LogP contribution in [0.3, 0.4) is 0 Å². The molecule has 0 saturated heterocycles. The Kier molecular flexibility index (Phi) is 5.22. The Labute approximate surface area is 99.3 Å². The Hall–Kier alpha value is -1.29. The lowest BCUT2D eigenvalue weighted by atomic mass is 10.0. The zero-order valence-corrected chi connectivity index (χ0v) is 9.77. The predicted molar refractivity (Wildman–Crippen MR) is 62.2 cm³/mol. The van der Waals surface area contributed by atoms with Crippen molar-refractivity contribution in [3.63, 3.8) is 0 Å². The van der Waals surface area contributed by atoms with Crippen molar-refractivity contribution in [1.29, 1.82) is 0 Å². The highest BCUT2D eigenvalue weighted by atomic mass is 19.2. The highest BCUT2D eigenvalue weighted by Gasteiger charge is 2.15. The van der Waals surface area contributed by atoms with Gasteiger partial charge in [0.25, 0.3) is 0 Å². The quantitative estimate of drug-likeness (QED) is 0.456. The Morgan fingerprint density at radius 3 is 2.35 bits per heavy atom. The van der Waals surface area contributed by atoms with Crippen molar-refractivity contribution in [2.45, 2.75) is 25.3 Å². The molecule has 0 aliphatic heterocycles. The minimum atomic E-state index is -1.42. The average molecular weight is 243 g/mol. The van der Waals surface area contributed by atoms with E-state index in [0.29, 0.717) is 12.0 Å². The third-order valence-electron chi connectivity index (χ3n) is 2.66. The molecule has 17 heavy (non-hydrogen) atoms. The predicted octanol–water partition coefficient (Wildman–Crippen LogP) is 3.72. The van der Waals surface area contributed by atoms with Crippen molar-refractivity contribution in [2.24, 2.45) is 0 Å². The van der Waals surface area contributed by atoms with Gasteiger partial charge in [-0.1, -0.05) is 6.08 Å². The maximum absolute atomic E-state index is 13.1. The van der Waals surface area contributed by atoms with Crippen LogP contribution in [0.4, 0.5) is 13.2 Å². The molecule has 0 radical (unpaired) electrons. The van der Waals surface area contributed by atoms with Gasteiger partial charge in [-0.15, -0.1) is 6.58 Å². The molecule has 0 saturated carbocycles. The van der Waals surface area contributed by atoms with E-state index >= 15 is 0 Å². The van der Waals surface area contributed by atoms with Gasteiger partial charge < -0.3 is 5.32 Å². The van der Waals surface area contributed by atoms with Crippen LogP contribution in [0.2, 0.25) is 0 Å². The van der Waals surface area contributed by atoms with Gasteiger partial charge in [-0.3, -0.25) is 0 Å². The maximum atomic E-state index is 13.1. The van der Waals surface area contributed by atoms with Crippen molar-refractivity contribution < 1.29 is 13.2 Å². The summed E-state index contributed by atoms with van der Waals surface area (Å²) in [7, 11) is 1.71. The van der Waals surface area contributed by atoms with Gasteiger partial charge in [0.1, 0.15) is 0 Å². The molecule has 1 aromatic carbocycles. The van der Waals surface area contributed by atoms with Gasteiger partial charge in [0.2, 0.25) is 0 Å². The van der Waals surface area contributed by atoms with Gasteiger partial charge in [-0.05, 0) is 44.0 Å². The number of halogens is 3. The summed E-state index contributed by atoms with van der Waals surface area (Å²) in [4.78, 5) is 0. The van der Waals surface area contributed by atoms with E-state index in [1.807, 2.05) is 0 Å². The molecule has 0 aliphatic carbocycles. The number of allylic oxidation sites excluding steroid dienone is 1. The summed E-state index contributed by atoms with van der Waals surface area (Å²) >= 11 is 0. The summed E-state index contributed by atoms with van der Waals surface area (Å²) in [6.45, 7) is 3.61. The van der Waals surface area contributed by atoms with Crippen LogP contribution in [-0.2, 0) is 0 Å². The lowest BCUT2D eigenvalue weighted by molar-refractivity contribution is 0.438. The first-order valence-corrected chi connectivity index (χ1v) is 5.52. The second kappa shape index (κ2) is 6.45. The number of unbranched alkanes of at least 4 members (excludes halogenated alkanes) is 1. The lowest BCUT2D eigenvalue weighted by Crippen LogP contribution is -2.17. The largest absolute Gasteiger partial charge is 0.313 e. The maximum Gasteiger partial charge on any atom is 0.194 e. The van der Waals surface area contributed by atoms with Gasteiger partial charge in [-0.25, -0.2) is 13.2 Å². The molecule has 1 aromatic rings. The van der Waals surface area contributed by atoms with E-state index in [1.54, 1.807) is 13.1 Å². The van der Waals surface area contributed by atoms with Crippen LogP contribution in [0.1, 0.15) is 30.9 Å². The molecular weight excluding hydrogens is 227 g/mol. The molecule has 0 fully saturated rings. The van der Waals surface area contributed by atoms with E-state index in [0.717, 1.165) is 25.0 Å². The molecule has 1 atom stereocenters. The van der Waals surface area contributed by atoms with E-state index in [4.69, 9.17) is 0 Å². The molecule has 1 nitrogen and oxygen atoms in total. The van der Waals surface area contributed by atoms with Gasteiger partial charge >= 0.3 is 0 Å². The summed E-state index contributed by atoms with van der Waals surface area (Å²) in [5.74, 6) is -3.72. The van der Waals surface area contributed by atoms with Crippen molar-refractivity contribution in [3.8, 4) is 0 Å². The molecule has 0 spiro atoms. The zero-order valence-electron chi connectivity index (χ0n) is 9.77. The summed E-state index contributed by atoms with van der Waals surface area (Å²) in [5, 5.41) is 2.96. The van der Waals surface area contributed by atoms with E-state index < -0.39 is 17.5 Å². The summed E-state index contributed by atoms with van der Waals surface area (Å²) in [6, 6.07) is 1.89. The topological polar surface area (TPSA) is 12.0 Å². The average Bonchev–Trinajstić information content (AvgIpc) is 2.31. The second-order valence-electron chi connectivity index (χ2n) is 3.86. The molecule has 0 heterocycles. The minimum Gasteiger partial charge on any atom is -0.313 e. The monoisotopic (exact) mass is 243 g/mol. The van der Waals surface area contributed by atoms with Gasteiger partial charge in [0.15, 0.2) is 17.5 Å². The molecule has 0 aromatic heterocycles. The molecule has 0 amide bonds. The lowest BCUT2D eigenvalue weighted by Gasteiger charge is -2.16. The Balaban J connectivity index is 2.84. The first kappa shape index (κ1) is 13.8. The first-order valence-electron chi connectivity index (χ1n) is 5.52. The van der Waals surface area contributed by atoms with Gasteiger partial charge in [0, 0.05) is 6.04 Å². The number of rotatable bonds is 6. The third-order valence-corrected chi connectivity index (χ3v) is 2.66. The van der Waals surface area contributed by atoms with Crippen LogP contribution < -0.4 is 5.32 Å². The Bertz CT molecular complexity index is 367. The first-order chi connectivity index (χ1) is 8.10. The van der Waals surface area contributed by atoms with E-state index in [9.17, 15) is 13.2 Å². The van der Waals surface area contributed by atoms with Crippen LogP contribution >= 0.6 is 0 Å². The number of nitrogens with one attached hydrogen (secondary N) is 1.